The Labute approximate surface area is 192 Å². The minimum Gasteiger partial charge on any atom is -0.497 e. The van der Waals surface area contributed by atoms with Crippen LogP contribution >= 0.6 is 11.6 Å². The van der Waals surface area contributed by atoms with Gasteiger partial charge < -0.3 is 20.7 Å². The Kier molecular flexibility index (Phi) is 8.25. The fourth-order valence-electron chi connectivity index (χ4n) is 3.24. The highest BCUT2D eigenvalue weighted by Crippen LogP contribution is 2.24. The van der Waals surface area contributed by atoms with Gasteiger partial charge in [-0.15, -0.1) is 0 Å². The molecule has 3 N–H and O–H groups in total. The maximum absolute atomic E-state index is 13.0. The molecule has 0 unspecified atom stereocenters. The van der Waals surface area contributed by atoms with Crippen molar-refractivity contribution in [3.63, 3.8) is 0 Å². The Balaban J connectivity index is 1.79. The second-order valence-corrected chi connectivity index (χ2v) is 7.63. The number of hydrogen-bond acceptors (Lipinski definition) is 4. The highest BCUT2D eigenvalue weighted by molar-refractivity contribution is 6.31. The summed E-state index contributed by atoms with van der Waals surface area (Å²) >= 11 is 6.43. The lowest BCUT2D eigenvalue weighted by molar-refractivity contribution is 0.0742. The van der Waals surface area contributed by atoms with E-state index >= 15 is 0 Å². The minimum absolute atomic E-state index is 0.0964. The molecule has 6 nitrogen and oxygen atoms in total. The lowest BCUT2D eigenvalue weighted by Crippen LogP contribution is -2.32. The largest absolute Gasteiger partial charge is 0.497 e. The number of carbonyl (C=O) groups excluding carboxylic acids is 2. The molecular formula is C25H26ClN3O3. The summed E-state index contributed by atoms with van der Waals surface area (Å²) in [5, 5.41) is 3.39. The van der Waals surface area contributed by atoms with E-state index in [1.807, 2.05) is 18.2 Å². The number of nitrogens with two attached hydrogens (primary N) is 1. The molecule has 32 heavy (non-hydrogen) atoms. The van der Waals surface area contributed by atoms with Crippen LogP contribution in [0, 0.1) is 0 Å². The number of hydrogen-bond donors (Lipinski definition) is 2. The first-order valence-electron chi connectivity index (χ1n) is 10.3. The fourth-order valence-corrected chi connectivity index (χ4v) is 3.42. The van der Waals surface area contributed by atoms with E-state index in [0.717, 1.165) is 5.56 Å². The van der Waals surface area contributed by atoms with Gasteiger partial charge in [0.2, 0.25) is 0 Å². The van der Waals surface area contributed by atoms with Gasteiger partial charge in [0.15, 0.2) is 0 Å². The zero-order chi connectivity index (χ0) is 22.9. The molecule has 0 aliphatic rings. The summed E-state index contributed by atoms with van der Waals surface area (Å²) in [6, 6.07) is 21.2. The van der Waals surface area contributed by atoms with E-state index in [4.69, 9.17) is 22.1 Å². The number of anilines is 1. The van der Waals surface area contributed by atoms with Crippen molar-refractivity contribution in [2.75, 3.05) is 25.5 Å². The van der Waals surface area contributed by atoms with Gasteiger partial charge in [-0.05, 0) is 67.1 Å². The van der Waals surface area contributed by atoms with E-state index in [1.54, 1.807) is 66.6 Å². The van der Waals surface area contributed by atoms with Crippen LogP contribution in [0.3, 0.4) is 0 Å². The van der Waals surface area contributed by atoms with Gasteiger partial charge in [0.25, 0.3) is 11.8 Å². The fraction of sp³-hybridized carbons (Fsp3) is 0.200. The van der Waals surface area contributed by atoms with Gasteiger partial charge >= 0.3 is 0 Å². The maximum atomic E-state index is 13.0. The first kappa shape index (κ1) is 23.3. The Morgan fingerprint density at radius 2 is 1.75 bits per heavy atom. The van der Waals surface area contributed by atoms with Crippen LogP contribution in [0.4, 0.5) is 5.69 Å². The van der Waals surface area contributed by atoms with Gasteiger partial charge in [0.1, 0.15) is 5.75 Å². The van der Waals surface area contributed by atoms with Crippen LogP contribution in [0.15, 0.2) is 72.8 Å². The molecule has 0 saturated heterocycles. The van der Waals surface area contributed by atoms with E-state index in [9.17, 15) is 9.59 Å². The Hall–Kier alpha value is -3.35. The summed E-state index contributed by atoms with van der Waals surface area (Å²) in [4.78, 5) is 27.4. The molecule has 3 rings (SSSR count). The highest BCUT2D eigenvalue weighted by Gasteiger charge is 2.17. The van der Waals surface area contributed by atoms with Crippen LogP contribution in [-0.4, -0.2) is 36.9 Å². The third-order valence-corrected chi connectivity index (χ3v) is 5.31. The molecule has 3 aromatic rings. The predicted octanol–water partition coefficient (Wildman–Crippen LogP) is 4.59. The molecule has 0 atom stereocenters. The number of amides is 2. The van der Waals surface area contributed by atoms with Crippen molar-refractivity contribution in [2.24, 2.45) is 5.73 Å². The molecule has 7 heteroatoms. The zero-order valence-electron chi connectivity index (χ0n) is 17.9. The predicted molar refractivity (Wildman–Crippen MR) is 127 cm³/mol. The molecule has 0 fully saturated rings. The smallest absolute Gasteiger partial charge is 0.255 e. The van der Waals surface area contributed by atoms with E-state index in [0.29, 0.717) is 53.6 Å². The van der Waals surface area contributed by atoms with Crippen molar-refractivity contribution in [2.45, 2.75) is 13.0 Å². The molecule has 0 saturated carbocycles. The topological polar surface area (TPSA) is 84.7 Å². The first-order chi connectivity index (χ1) is 15.5. The van der Waals surface area contributed by atoms with Gasteiger partial charge in [-0.2, -0.15) is 0 Å². The number of nitrogens with one attached hydrogen (secondary N) is 1. The van der Waals surface area contributed by atoms with Crippen molar-refractivity contribution < 1.29 is 14.3 Å². The summed E-state index contributed by atoms with van der Waals surface area (Å²) < 4.78 is 5.18. The van der Waals surface area contributed by atoms with Crippen LogP contribution in [0.1, 0.15) is 32.7 Å². The molecule has 0 heterocycles. The van der Waals surface area contributed by atoms with Crippen molar-refractivity contribution >= 4 is 29.1 Å². The molecular weight excluding hydrogens is 426 g/mol. The van der Waals surface area contributed by atoms with Gasteiger partial charge in [-0.3, -0.25) is 9.59 Å². The van der Waals surface area contributed by atoms with Crippen LogP contribution in [0.5, 0.6) is 5.75 Å². The van der Waals surface area contributed by atoms with Crippen LogP contribution in [-0.2, 0) is 6.54 Å². The number of halogens is 1. The molecule has 0 aliphatic heterocycles. The van der Waals surface area contributed by atoms with E-state index < -0.39 is 0 Å². The zero-order valence-corrected chi connectivity index (χ0v) is 18.6. The molecule has 3 aromatic carbocycles. The molecule has 166 valence electrons. The van der Waals surface area contributed by atoms with Crippen molar-refractivity contribution in [1.82, 2.24) is 4.90 Å². The second kappa shape index (κ2) is 11.3. The van der Waals surface area contributed by atoms with E-state index in [1.165, 1.54) is 0 Å². The molecule has 0 bridgehead atoms. The van der Waals surface area contributed by atoms with Crippen LogP contribution in [0.2, 0.25) is 5.02 Å². The quantitative estimate of drug-likeness (QED) is 0.498. The summed E-state index contributed by atoms with van der Waals surface area (Å²) in [6.07, 6.45) is 0.669. The SMILES string of the molecule is COc1cccc(C(=O)Nc2ccc(Cl)c(CN(CCCN)C(=O)c3ccccc3)c2)c1. The van der Waals surface area contributed by atoms with Crippen molar-refractivity contribution in [3.05, 3.63) is 94.5 Å². The number of rotatable bonds is 9. The summed E-state index contributed by atoms with van der Waals surface area (Å²) in [7, 11) is 1.55. The third kappa shape index (κ3) is 6.09. The van der Waals surface area contributed by atoms with Gasteiger partial charge in [0.05, 0.1) is 7.11 Å². The molecule has 0 aliphatic carbocycles. The highest BCUT2D eigenvalue weighted by atomic mass is 35.5. The molecule has 0 aromatic heterocycles. The summed E-state index contributed by atoms with van der Waals surface area (Å²) in [5.41, 5.74) is 8.07. The average Bonchev–Trinajstić information content (AvgIpc) is 2.83. The Morgan fingerprint density at radius 1 is 1.00 bits per heavy atom. The van der Waals surface area contributed by atoms with Gasteiger partial charge in [-0.1, -0.05) is 35.9 Å². The lowest BCUT2D eigenvalue weighted by atomic mass is 10.1. The molecule has 0 spiro atoms. The summed E-state index contributed by atoms with van der Waals surface area (Å²) in [6.45, 7) is 1.28. The monoisotopic (exact) mass is 451 g/mol. The average molecular weight is 452 g/mol. The standard InChI is InChI=1S/C25H26ClN3O3/c1-32-22-10-5-9-19(16-22)24(30)28-21-11-12-23(26)20(15-21)17-29(14-6-13-27)25(31)18-7-3-2-4-8-18/h2-5,7-12,15-16H,6,13-14,17,27H2,1H3,(H,28,30). The van der Waals surface area contributed by atoms with Gasteiger partial charge in [0, 0.05) is 34.9 Å². The first-order valence-corrected chi connectivity index (χ1v) is 10.7. The van der Waals surface area contributed by atoms with Crippen molar-refractivity contribution in [1.29, 1.82) is 0 Å². The number of benzene rings is 3. The Morgan fingerprint density at radius 3 is 2.47 bits per heavy atom. The maximum Gasteiger partial charge on any atom is 0.255 e. The lowest BCUT2D eigenvalue weighted by Gasteiger charge is -2.24. The number of ether oxygens (including phenoxy) is 1. The number of carbonyl (C=O) groups is 2. The Bertz CT molecular complexity index is 1070. The summed E-state index contributed by atoms with van der Waals surface area (Å²) in [5.74, 6) is 0.239. The molecule has 0 radical (unpaired) electrons. The van der Waals surface area contributed by atoms with E-state index in [2.05, 4.69) is 5.32 Å². The number of methoxy groups -OCH3 is 1. The van der Waals surface area contributed by atoms with Crippen LogP contribution < -0.4 is 15.8 Å². The van der Waals surface area contributed by atoms with Crippen LogP contribution in [0.25, 0.3) is 0 Å². The second-order valence-electron chi connectivity index (χ2n) is 7.23. The normalized spacial score (nSPS) is 10.5. The van der Waals surface area contributed by atoms with Crippen molar-refractivity contribution in [3.8, 4) is 5.75 Å². The number of nitrogens with zero attached hydrogens (tertiary/aromatic N) is 1. The van der Waals surface area contributed by atoms with E-state index in [-0.39, 0.29) is 11.8 Å². The third-order valence-electron chi connectivity index (χ3n) is 4.94. The molecule has 2 amide bonds. The van der Waals surface area contributed by atoms with Gasteiger partial charge in [-0.25, -0.2) is 0 Å². The minimum atomic E-state index is -0.266.